The standard InChI is InChI=1S/C4H9N3O3S/c1-7(2)3(5)9-10-6-4(8)11/h5H,1-2H3,(H2,6,8,11). The minimum Gasteiger partial charge on any atom is -0.330 e. The molecule has 0 saturated heterocycles. The number of hydroxylamine groups is 1. The van der Waals surface area contributed by atoms with E-state index >= 15 is 0 Å². The van der Waals surface area contributed by atoms with Crippen molar-refractivity contribution in [2.75, 3.05) is 14.1 Å². The lowest BCUT2D eigenvalue weighted by Crippen LogP contribution is -2.28. The summed E-state index contributed by atoms with van der Waals surface area (Å²) >= 11 is 3.31. The zero-order valence-corrected chi connectivity index (χ0v) is 7.01. The molecular formula is C4H9N3O3S. The van der Waals surface area contributed by atoms with E-state index in [0.717, 1.165) is 0 Å². The van der Waals surface area contributed by atoms with Crippen molar-refractivity contribution < 1.29 is 14.7 Å². The number of carbonyl (C=O) groups excluding carboxylic acids is 1. The average molecular weight is 179 g/mol. The minimum atomic E-state index is -0.698. The van der Waals surface area contributed by atoms with E-state index in [4.69, 9.17) is 5.41 Å². The lowest BCUT2D eigenvalue weighted by Gasteiger charge is -2.10. The molecule has 0 atom stereocenters. The van der Waals surface area contributed by atoms with Crippen LogP contribution in [-0.4, -0.2) is 30.3 Å². The monoisotopic (exact) mass is 179 g/mol. The van der Waals surface area contributed by atoms with Crippen LogP contribution in [0.1, 0.15) is 0 Å². The van der Waals surface area contributed by atoms with Crippen LogP contribution in [0.4, 0.5) is 4.79 Å². The van der Waals surface area contributed by atoms with Crippen LogP contribution < -0.4 is 5.48 Å². The van der Waals surface area contributed by atoms with Gasteiger partial charge in [-0.25, -0.2) is 5.41 Å². The van der Waals surface area contributed by atoms with Gasteiger partial charge in [-0.2, -0.15) is 5.48 Å². The molecule has 0 fully saturated rings. The van der Waals surface area contributed by atoms with Crippen molar-refractivity contribution in [2.45, 2.75) is 0 Å². The fourth-order valence-corrected chi connectivity index (χ4v) is 0.208. The van der Waals surface area contributed by atoms with Crippen LogP contribution in [0, 0.1) is 5.41 Å². The molecule has 0 aromatic carbocycles. The summed E-state index contributed by atoms with van der Waals surface area (Å²) in [5, 5.41) is 6.29. The first-order valence-corrected chi connectivity index (χ1v) is 3.07. The summed E-state index contributed by atoms with van der Waals surface area (Å²) in [5.41, 5.74) is 1.77. The number of nitrogens with zero attached hydrogens (tertiary/aromatic N) is 1. The molecule has 7 heteroatoms. The molecule has 0 aromatic heterocycles. The summed E-state index contributed by atoms with van der Waals surface area (Å²) in [6.45, 7) is 0. The van der Waals surface area contributed by atoms with E-state index in [1.54, 1.807) is 19.6 Å². The molecule has 11 heavy (non-hydrogen) atoms. The van der Waals surface area contributed by atoms with Crippen LogP contribution in [-0.2, 0) is 9.88 Å². The van der Waals surface area contributed by atoms with E-state index in [-0.39, 0.29) is 6.02 Å². The Bertz CT molecular complexity index is 161. The van der Waals surface area contributed by atoms with Crippen molar-refractivity contribution in [3.05, 3.63) is 0 Å². The van der Waals surface area contributed by atoms with E-state index in [0.29, 0.717) is 0 Å². The third-order valence-corrected chi connectivity index (χ3v) is 0.747. The van der Waals surface area contributed by atoms with Gasteiger partial charge in [-0.3, -0.25) is 9.68 Å². The summed E-state index contributed by atoms with van der Waals surface area (Å²) in [7, 11) is 3.18. The Morgan fingerprint density at radius 3 is 2.55 bits per heavy atom. The highest BCUT2D eigenvalue weighted by atomic mass is 32.1. The SMILES string of the molecule is CN(C)C(=N)OONC(=O)S. The number of hydrogen-bond acceptors (Lipinski definition) is 4. The number of carbonyl (C=O) groups is 1. The Kier molecular flexibility index (Phi) is 4.39. The number of amides is 1. The van der Waals surface area contributed by atoms with Crippen LogP contribution in [0.25, 0.3) is 0 Å². The smallest absolute Gasteiger partial charge is 0.324 e. The molecule has 0 aliphatic carbocycles. The molecule has 0 unspecified atom stereocenters. The summed E-state index contributed by atoms with van der Waals surface area (Å²) in [4.78, 5) is 19.7. The van der Waals surface area contributed by atoms with Gasteiger partial charge in [0.1, 0.15) is 0 Å². The van der Waals surface area contributed by atoms with E-state index in [1.807, 2.05) is 0 Å². The summed E-state index contributed by atoms with van der Waals surface area (Å²) in [6, 6.07) is -0.230. The average Bonchev–Trinajstić information content (AvgIpc) is 1.86. The molecule has 0 radical (unpaired) electrons. The van der Waals surface area contributed by atoms with E-state index in [9.17, 15) is 4.79 Å². The molecule has 0 aliphatic heterocycles. The summed E-state index contributed by atoms with van der Waals surface area (Å²) < 4.78 is 0. The maximum Gasteiger partial charge on any atom is 0.324 e. The van der Waals surface area contributed by atoms with Crippen LogP contribution in [0.2, 0.25) is 0 Å². The summed E-state index contributed by atoms with van der Waals surface area (Å²) in [6.07, 6.45) is 0. The maximum absolute atomic E-state index is 10.1. The minimum absolute atomic E-state index is 0.230. The number of hydrogen-bond donors (Lipinski definition) is 3. The number of amidine groups is 1. The van der Waals surface area contributed by atoms with E-state index in [1.165, 1.54) is 4.90 Å². The van der Waals surface area contributed by atoms with Crippen molar-refractivity contribution in [3.8, 4) is 0 Å². The zero-order valence-electron chi connectivity index (χ0n) is 6.12. The molecule has 0 saturated carbocycles. The van der Waals surface area contributed by atoms with Gasteiger partial charge < -0.3 is 4.90 Å². The molecule has 0 heterocycles. The molecule has 1 amide bonds. The van der Waals surface area contributed by atoms with E-state index in [2.05, 4.69) is 22.5 Å². The molecule has 0 aromatic rings. The Balaban J connectivity index is 3.39. The molecule has 2 N–H and O–H groups in total. The quantitative estimate of drug-likeness (QED) is 0.183. The summed E-state index contributed by atoms with van der Waals surface area (Å²) in [5.74, 6) is 0. The van der Waals surface area contributed by atoms with Crippen LogP contribution in [0.5, 0.6) is 0 Å². The molecule has 6 nitrogen and oxygen atoms in total. The zero-order chi connectivity index (χ0) is 8.85. The number of nitrogens with one attached hydrogen (secondary N) is 2. The molecule has 0 bridgehead atoms. The highest BCUT2D eigenvalue weighted by molar-refractivity contribution is 7.96. The van der Waals surface area contributed by atoms with Crippen molar-refractivity contribution in [1.29, 1.82) is 5.41 Å². The van der Waals surface area contributed by atoms with Crippen LogP contribution >= 0.6 is 12.6 Å². The second kappa shape index (κ2) is 4.80. The lowest BCUT2D eigenvalue weighted by atomic mass is 10.9. The predicted octanol–water partition coefficient (Wildman–Crippen LogP) is -0.0146. The van der Waals surface area contributed by atoms with Crippen LogP contribution in [0.3, 0.4) is 0 Å². The third kappa shape index (κ3) is 5.49. The second-order valence-corrected chi connectivity index (χ2v) is 2.18. The predicted molar refractivity (Wildman–Crippen MR) is 41.1 cm³/mol. The highest BCUT2D eigenvalue weighted by Crippen LogP contribution is 1.83. The van der Waals surface area contributed by atoms with Gasteiger partial charge in [-0.1, -0.05) is 17.6 Å². The number of thiol groups is 1. The highest BCUT2D eigenvalue weighted by Gasteiger charge is 2.00. The van der Waals surface area contributed by atoms with Gasteiger partial charge in [0.2, 0.25) is 0 Å². The molecular weight excluding hydrogens is 170 g/mol. The fraction of sp³-hybridized carbons (Fsp3) is 0.500. The van der Waals surface area contributed by atoms with Gasteiger partial charge in [0, 0.05) is 14.1 Å². The Hall–Kier alpha value is -0.950. The normalized spacial score (nSPS) is 8.64. The first-order valence-electron chi connectivity index (χ1n) is 2.62. The van der Waals surface area contributed by atoms with Crippen molar-refractivity contribution in [2.24, 2.45) is 0 Å². The molecule has 0 spiro atoms. The van der Waals surface area contributed by atoms with E-state index < -0.39 is 5.24 Å². The van der Waals surface area contributed by atoms with Gasteiger partial charge >= 0.3 is 11.3 Å². The Morgan fingerprint density at radius 1 is 1.64 bits per heavy atom. The van der Waals surface area contributed by atoms with Gasteiger partial charge in [0.05, 0.1) is 0 Å². The van der Waals surface area contributed by atoms with Crippen molar-refractivity contribution in [1.82, 2.24) is 10.4 Å². The topological polar surface area (TPSA) is 74.7 Å². The van der Waals surface area contributed by atoms with Gasteiger partial charge in [0.15, 0.2) is 0 Å². The van der Waals surface area contributed by atoms with Crippen molar-refractivity contribution in [3.63, 3.8) is 0 Å². The number of rotatable bonds is 2. The Labute approximate surface area is 69.3 Å². The van der Waals surface area contributed by atoms with Crippen LogP contribution in [0.15, 0.2) is 0 Å². The molecule has 0 rings (SSSR count). The maximum atomic E-state index is 10.1. The van der Waals surface area contributed by atoms with Gasteiger partial charge in [0.25, 0.3) is 0 Å². The molecule has 64 valence electrons. The first kappa shape index (κ1) is 10.0. The fourth-order valence-electron chi connectivity index (χ4n) is 0.170. The largest absolute Gasteiger partial charge is 0.330 e. The second-order valence-electron chi connectivity index (χ2n) is 1.77. The third-order valence-electron chi connectivity index (χ3n) is 0.656. The Morgan fingerprint density at radius 2 is 2.18 bits per heavy atom. The van der Waals surface area contributed by atoms with Gasteiger partial charge in [-0.15, -0.1) is 0 Å². The molecule has 0 aliphatic rings. The van der Waals surface area contributed by atoms with Gasteiger partial charge in [-0.05, 0) is 0 Å². The first-order chi connectivity index (χ1) is 5.04. The van der Waals surface area contributed by atoms with Crippen molar-refractivity contribution >= 4 is 23.9 Å². The lowest BCUT2D eigenvalue weighted by molar-refractivity contribution is -0.263.